The molecule has 0 unspecified atom stereocenters. The molecular formula is C13H8Cl2N4O. The molecule has 0 atom stereocenters. The molecule has 3 aromatic rings. The first-order chi connectivity index (χ1) is 9.63. The molecule has 0 fully saturated rings. The second kappa shape index (κ2) is 5.11. The maximum absolute atomic E-state index is 12.2. The number of amides is 1. The van der Waals surface area contributed by atoms with E-state index in [2.05, 4.69) is 20.5 Å². The van der Waals surface area contributed by atoms with Gasteiger partial charge in [-0.3, -0.25) is 9.89 Å². The van der Waals surface area contributed by atoms with E-state index in [-0.39, 0.29) is 16.2 Å². The van der Waals surface area contributed by atoms with E-state index in [1.54, 1.807) is 12.3 Å². The molecule has 1 amide bonds. The average molecular weight is 307 g/mol. The fraction of sp³-hybridized carbons (Fsp3) is 0. The minimum atomic E-state index is -0.321. The number of nitrogens with zero attached hydrogens (tertiary/aromatic N) is 2. The van der Waals surface area contributed by atoms with E-state index >= 15 is 0 Å². The largest absolute Gasteiger partial charge is 0.320 e. The summed E-state index contributed by atoms with van der Waals surface area (Å²) in [7, 11) is 0. The summed E-state index contributed by atoms with van der Waals surface area (Å²) in [5.74, 6) is -0.321. The maximum atomic E-state index is 12.2. The van der Waals surface area contributed by atoms with Crippen LogP contribution < -0.4 is 5.32 Å². The van der Waals surface area contributed by atoms with Crippen molar-refractivity contribution >= 4 is 45.7 Å². The van der Waals surface area contributed by atoms with E-state index in [0.717, 1.165) is 10.9 Å². The Morgan fingerprint density at radius 2 is 1.95 bits per heavy atom. The van der Waals surface area contributed by atoms with Crippen molar-refractivity contribution in [2.24, 2.45) is 0 Å². The van der Waals surface area contributed by atoms with Crippen molar-refractivity contribution in [3.05, 3.63) is 52.4 Å². The molecule has 2 heterocycles. The van der Waals surface area contributed by atoms with Crippen LogP contribution in [0.2, 0.25) is 10.3 Å². The van der Waals surface area contributed by atoms with Gasteiger partial charge >= 0.3 is 0 Å². The highest BCUT2D eigenvalue weighted by molar-refractivity contribution is 6.33. The van der Waals surface area contributed by atoms with Gasteiger partial charge in [-0.15, -0.1) is 0 Å². The van der Waals surface area contributed by atoms with E-state index < -0.39 is 0 Å². The zero-order valence-electron chi connectivity index (χ0n) is 10.0. The zero-order chi connectivity index (χ0) is 14.1. The predicted molar refractivity (Wildman–Crippen MR) is 78.3 cm³/mol. The van der Waals surface area contributed by atoms with Gasteiger partial charge in [0.05, 0.1) is 17.4 Å². The first kappa shape index (κ1) is 12.9. The summed E-state index contributed by atoms with van der Waals surface area (Å²) in [5.41, 5.74) is 1.73. The third-order valence-corrected chi connectivity index (χ3v) is 3.14. The van der Waals surface area contributed by atoms with Gasteiger partial charge in [-0.1, -0.05) is 35.3 Å². The van der Waals surface area contributed by atoms with Crippen LogP contribution in [0.1, 0.15) is 10.4 Å². The number of carbonyl (C=O) groups is 1. The van der Waals surface area contributed by atoms with Crippen molar-refractivity contribution < 1.29 is 4.79 Å². The lowest BCUT2D eigenvalue weighted by Crippen LogP contribution is -2.12. The van der Waals surface area contributed by atoms with Crippen molar-refractivity contribution in [1.29, 1.82) is 0 Å². The van der Waals surface area contributed by atoms with Crippen molar-refractivity contribution in [3.8, 4) is 0 Å². The van der Waals surface area contributed by atoms with Crippen LogP contribution in [0, 0.1) is 0 Å². The number of hydrogen-bond donors (Lipinski definition) is 2. The summed E-state index contributed by atoms with van der Waals surface area (Å²) in [6.07, 6.45) is 1.69. The molecule has 0 bridgehead atoms. The molecule has 0 saturated heterocycles. The average Bonchev–Trinajstić information content (AvgIpc) is 2.87. The Hall–Kier alpha value is -2.11. The monoisotopic (exact) mass is 306 g/mol. The minimum absolute atomic E-state index is 0.169. The standard InChI is InChI=1S/C13H8Cl2N4O/c14-10-4-8(5-11(15)18-10)13(20)17-9-3-1-2-7-6-16-19-12(7)9/h1-6H,(H,16,19)(H,17,20). The van der Waals surface area contributed by atoms with Gasteiger partial charge in [0.2, 0.25) is 0 Å². The number of fused-ring (bicyclic) bond motifs is 1. The molecule has 0 aliphatic rings. The number of halogens is 2. The summed E-state index contributed by atoms with van der Waals surface area (Å²) < 4.78 is 0. The second-order valence-electron chi connectivity index (χ2n) is 4.10. The van der Waals surface area contributed by atoms with Gasteiger partial charge < -0.3 is 5.32 Å². The normalized spacial score (nSPS) is 10.7. The van der Waals surface area contributed by atoms with Crippen LogP contribution in [0.5, 0.6) is 0 Å². The van der Waals surface area contributed by atoms with Gasteiger partial charge in [-0.05, 0) is 18.2 Å². The number of aromatic amines is 1. The number of H-pyrrole nitrogens is 1. The lowest BCUT2D eigenvalue weighted by molar-refractivity contribution is 0.102. The number of anilines is 1. The molecular weight excluding hydrogens is 299 g/mol. The molecule has 5 nitrogen and oxygen atoms in total. The minimum Gasteiger partial charge on any atom is -0.320 e. The highest BCUT2D eigenvalue weighted by atomic mass is 35.5. The molecule has 3 rings (SSSR count). The first-order valence-corrected chi connectivity index (χ1v) is 6.45. The number of rotatable bonds is 2. The van der Waals surface area contributed by atoms with E-state index in [9.17, 15) is 4.79 Å². The number of benzene rings is 1. The molecule has 0 saturated carbocycles. The Labute approximate surface area is 123 Å². The topological polar surface area (TPSA) is 70.7 Å². The third kappa shape index (κ3) is 2.45. The summed E-state index contributed by atoms with van der Waals surface area (Å²) in [4.78, 5) is 16.0. The maximum Gasteiger partial charge on any atom is 0.255 e. The van der Waals surface area contributed by atoms with Crippen LogP contribution in [-0.4, -0.2) is 21.1 Å². The van der Waals surface area contributed by atoms with Crippen molar-refractivity contribution in [3.63, 3.8) is 0 Å². The van der Waals surface area contributed by atoms with Crippen LogP contribution in [0.15, 0.2) is 36.5 Å². The predicted octanol–water partition coefficient (Wildman–Crippen LogP) is 3.52. The Bertz CT molecular complexity index is 780. The fourth-order valence-electron chi connectivity index (χ4n) is 1.86. The zero-order valence-corrected chi connectivity index (χ0v) is 11.5. The molecule has 0 spiro atoms. The van der Waals surface area contributed by atoms with Gasteiger partial charge in [0.25, 0.3) is 5.91 Å². The van der Waals surface area contributed by atoms with Crippen LogP contribution >= 0.6 is 23.2 Å². The SMILES string of the molecule is O=C(Nc1cccc2cn[nH]c12)c1cc(Cl)nc(Cl)c1. The van der Waals surface area contributed by atoms with E-state index in [4.69, 9.17) is 23.2 Å². The summed E-state index contributed by atoms with van der Waals surface area (Å²) in [5, 5.41) is 10.8. The molecule has 100 valence electrons. The van der Waals surface area contributed by atoms with E-state index in [1.165, 1.54) is 12.1 Å². The molecule has 7 heteroatoms. The molecule has 0 aliphatic carbocycles. The number of para-hydroxylation sites is 1. The lowest BCUT2D eigenvalue weighted by Gasteiger charge is -2.06. The van der Waals surface area contributed by atoms with E-state index in [1.807, 2.05) is 12.1 Å². The van der Waals surface area contributed by atoms with Gasteiger partial charge in [-0.2, -0.15) is 5.10 Å². The van der Waals surface area contributed by atoms with Crippen LogP contribution in [-0.2, 0) is 0 Å². The lowest BCUT2D eigenvalue weighted by atomic mass is 10.2. The van der Waals surface area contributed by atoms with Gasteiger partial charge in [0, 0.05) is 10.9 Å². The Morgan fingerprint density at radius 1 is 1.20 bits per heavy atom. The fourth-order valence-corrected chi connectivity index (χ4v) is 2.32. The quantitative estimate of drug-likeness (QED) is 0.712. The molecule has 1 aromatic carbocycles. The number of pyridine rings is 1. The van der Waals surface area contributed by atoms with Gasteiger partial charge in [0.15, 0.2) is 0 Å². The van der Waals surface area contributed by atoms with Crippen LogP contribution in [0.4, 0.5) is 5.69 Å². The Balaban J connectivity index is 1.94. The Kier molecular flexibility index (Phi) is 3.30. The van der Waals surface area contributed by atoms with E-state index in [0.29, 0.717) is 11.3 Å². The molecule has 2 N–H and O–H groups in total. The number of carbonyl (C=O) groups excluding carboxylic acids is 1. The van der Waals surface area contributed by atoms with Crippen molar-refractivity contribution in [1.82, 2.24) is 15.2 Å². The summed E-state index contributed by atoms with van der Waals surface area (Å²) in [6.45, 7) is 0. The number of nitrogens with one attached hydrogen (secondary N) is 2. The van der Waals surface area contributed by atoms with Gasteiger partial charge in [-0.25, -0.2) is 4.98 Å². The highest BCUT2D eigenvalue weighted by Gasteiger charge is 2.11. The van der Waals surface area contributed by atoms with Gasteiger partial charge in [0.1, 0.15) is 10.3 Å². The summed E-state index contributed by atoms with van der Waals surface area (Å²) >= 11 is 11.6. The highest BCUT2D eigenvalue weighted by Crippen LogP contribution is 2.22. The summed E-state index contributed by atoms with van der Waals surface area (Å²) in [6, 6.07) is 8.42. The third-order valence-electron chi connectivity index (χ3n) is 2.75. The number of aromatic nitrogens is 3. The first-order valence-electron chi connectivity index (χ1n) is 5.70. The van der Waals surface area contributed by atoms with Crippen LogP contribution in [0.25, 0.3) is 10.9 Å². The molecule has 2 aromatic heterocycles. The molecule has 0 radical (unpaired) electrons. The van der Waals surface area contributed by atoms with Crippen molar-refractivity contribution in [2.45, 2.75) is 0 Å². The molecule has 0 aliphatic heterocycles. The smallest absolute Gasteiger partial charge is 0.255 e. The second-order valence-corrected chi connectivity index (χ2v) is 4.87. The van der Waals surface area contributed by atoms with Crippen molar-refractivity contribution in [2.75, 3.05) is 5.32 Å². The molecule has 20 heavy (non-hydrogen) atoms. The number of hydrogen-bond acceptors (Lipinski definition) is 3. The van der Waals surface area contributed by atoms with Crippen LogP contribution in [0.3, 0.4) is 0 Å². The Morgan fingerprint density at radius 3 is 2.70 bits per heavy atom.